The Labute approximate surface area is 139 Å². The maximum Gasteiger partial charge on any atom is 0.185 e. The SMILES string of the molecule is Cc1ccc(C2=NNC(C)(C(O)N(O)c3ccccc3)S2)cc1. The molecule has 0 saturated heterocycles. The van der Waals surface area contributed by atoms with E-state index in [1.165, 1.54) is 17.3 Å². The molecule has 3 N–H and O–H groups in total. The number of anilines is 1. The minimum Gasteiger partial charge on any atom is -0.369 e. The summed E-state index contributed by atoms with van der Waals surface area (Å²) in [6.45, 7) is 3.84. The van der Waals surface area contributed by atoms with Crippen molar-refractivity contribution in [3.63, 3.8) is 0 Å². The summed E-state index contributed by atoms with van der Waals surface area (Å²) in [5, 5.41) is 26.8. The molecule has 5 nitrogen and oxygen atoms in total. The smallest absolute Gasteiger partial charge is 0.185 e. The van der Waals surface area contributed by atoms with Crippen LogP contribution in [0.4, 0.5) is 5.69 Å². The van der Waals surface area contributed by atoms with Crippen LogP contribution in [0.5, 0.6) is 0 Å². The topological polar surface area (TPSA) is 68.1 Å². The van der Waals surface area contributed by atoms with Crippen molar-refractivity contribution < 1.29 is 10.3 Å². The number of benzene rings is 2. The molecule has 0 radical (unpaired) electrons. The largest absolute Gasteiger partial charge is 0.369 e. The molecule has 6 heteroatoms. The van der Waals surface area contributed by atoms with Gasteiger partial charge in [-0.15, -0.1) is 0 Å². The van der Waals surface area contributed by atoms with Gasteiger partial charge in [-0.25, -0.2) is 5.06 Å². The van der Waals surface area contributed by atoms with Gasteiger partial charge < -0.3 is 5.11 Å². The summed E-state index contributed by atoms with van der Waals surface area (Å²) in [4.78, 5) is -0.856. The van der Waals surface area contributed by atoms with Crippen LogP contribution in [0, 0.1) is 6.92 Å². The van der Waals surface area contributed by atoms with Crippen LogP contribution in [0.2, 0.25) is 0 Å². The van der Waals surface area contributed by atoms with E-state index in [9.17, 15) is 10.3 Å². The molecule has 2 aromatic rings. The van der Waals surface area contributed by atoms with Gasteiger partial charge in [0, 0.05) is 5.56 Å². The minimum absolute atomic E-state index is 0.521. The van der Waals surface area contributed by atoms with Gasteiger partial charge in [0.25, 0.3) is 0 Å². The maximum atomic E-state index is 10.6. The second-order valence-electron chi connectivity index (χ2n) is 5.66. The first-order chi connectivity index (χ1) is 11.0. The molecule has 2 unspecified atom stereocenters. The van der Waals surface area contributed by atoms with Gasteiger partial charge >= 0.3 is 0 Å². The summed E-state index contributed by atoms with van der Waals surface area (Å²) in [6, 6.07) is 17.0. The lowest BCUT2D eigenvalue weighted by Gasteiger charge is -2.34. The van der Waals surface area contributed by atoms with Crippen molar-refractivity contribution in [1.29, 1.82) is 0 Å². The van der Waals surface area contributed by atoms with Crippen LogP contribution < -0.4 is 10.5 Å². The maximum absolute atomic E-state index is 10.6. The fourth-order valence-corrected chi connectivity index (χ4v) is 3.34. The number of hydrazone groups is 1. The number of hydrogen-bond donors (Lipinski definition) is 3. The summed E-state index contributed by atoms with van der Waals surface area (Å²) in [6.07, 6.45) is -1.17. The number of hydrogen-bond acceptors (Lipinski definition) is 6. The van der Waals surface area contributed by atoms with Crippen LogP contribution in [0.25, 0.3) is 0 Å². The predicted octanol–water partition coefficient (Wildman–Crippen LogP) is 2.92. The number of aliphatic hydroxyl groups excluding tert-OH is 1. The lowest BCUT2D eigenvalue weighted by molar-refractivity contribution is 0.0330. The summed E-state index contributed by atoms with van der Waals surface area (Å²) < 4.78 is 0. The van der Waals surface area contributed by atoms with Crippen LogP contribution in [-0.4, -0.2) is 26.5 Å². The standard InChI is InChI=1S/C17H19N3O2S/c1-12-8-10-13(11-9-12)15-18-19-17(2,23-15)16(21)20(22)14-6-4-3-5-7-14/h3-11,16,19,21-22H,1-2H3. The van der Waals surface area contributed by atoms with E-state index < -0.39 is 11.1 Å². The van der Waals surface area contributed by atoms with Crippen molar-refractivity contribution in [2.24, 2.45) is 5.10 Å². The Balaban J connectivity index is 1.75. The van der Waals surface area contributed by atoms with Crippen LogP contribution in [0.1, 0.15) is 18.1 Å². The van der Waals surface area contributed by atoms with E-state index in [0.717, 1.165) is 15.7 Å². The molecular weight excluding hydrogens is 310 g/mol. The predicted molar refractivity (Wildman–Crippen MR) is 93.6 cm³/mol. The van der Waals surface area contributed by atoms with Crippen LogP contribution >= 0.6 is 11.8 Å². The number of para-hydroxylation sites is 1. The van der Waals surface area contributed by atoms with Gasteiger partial charge in [-0.1, -0.05) is 59.8 Å². The lowest BCUT2D eigenvalue weighted by Crippen LogP contribution is -2.53. The van der Waals surface area contributed by atoms with Gasteiger partial charge in [-0.05, 0) is 26.0 Å². The number of rotatable bonds is 4. The first-order valence-corrected chi connectivity index (χ1v) is 8.13. The van der Waals surface area contributed by atoms with Crippen molar-refractivity contribution in [1.82, 2.24) is 5.43 Å². The third-order valence-electron chi connectivity index (χ3n) is 3.73. The zero-order chi connectivity index (χ0) is 16.4. The number of aryl methyl sites for hydroxylation is 1. The van der Waals surface area contributed by atoms with Gasteiger partial charge in [0.2, 0.25) is 0 Å². The van der Waals surface area contributed by atoms with E-state index >= 15 is 0 Å². The van der Waals surface area contributed by atoms with Crippen LogP contribution in [0.15, 0.2) is 59.7 Å². The molecular formula is C17H19N3O2S. The Morgan fingerprint density at radius 2 is 1.78 bits per heavy atom. The molecule has 0 spiro atoms. The van der Waals surface area contributed by atoms with Crippen molar-refractivity contribution in [2.75, 3.05) is 5.06 Å². The Hall–Kier alpha value is -2.02. The van der Waals surface area contributed by atoms with Crippen LogP contribution in [0.3, 0.4) is 0 Å². The van der Waals surface area contributed by atoms with Gasteiger partial charge in [0.05, 0.1) is 5.69 Å². The molecule has 0 bridgehead atoms. The quantitative estimate of drug-likeness (QED) is 0.594. The molecule has 23 heavy (non-hydrogen) atoms. The average molecular weight is 329 g/mol. The molecule has 0 saturated carbocycles. The molecule has 1 aliphatic heterocycles. The molecule has 3 rings (SSSR count). The fraction of sp³-hybridized carbons (Fsp3) is 0.235. The Bertz CT molecular complexity index is 706. The van der Waals surface area contributed by atoms with Gasteiger partial charge in [0.1, 0.15) is 9.91 Å². The number of nitrogens with zero attached hydrogens (tertiary/aromatic N) is 2. The van der Waals surface area contributed by atoms with E-state index in [0.29, 0.717) is 5.69 Å². The highest BCUT2D eigenvalue weighted by Gasteiger charge is 2.43. The summed E-state index contributed by atoms with van der Waals surface area (Å²) >= 11 is 1.39. The number of nitrogens with one attached hydrogen (secondary N) is 1. The Kier molecular flexibility index (Phi) is 4.30. The average Bonchev–Trinajstić information content (AvgIpc) is 2.98. The van der Waals surface area contributed by atoms with E-state index in [1.807, 2.05) is 37.3 Å². The van der Waals surface area contributed by atoms with Gasteiger partial charge in [0.15, 0.2) is 6.23 Å². The molecule has 0 fully saturated rings. The molecule has 1 heterocycles. The number of thioether (sulfide) groups is 1. The van der Waals surface area contributed by atoms with Crippen molar-refractivity contribution in [3.8, 4) is 0 Å². The summed E-state index contributed by atoms with van der Waals surface area (Å²) in [7, 11) is 0. The Morgan fingerprint density at radius 1 is 1.13 bits per heavy atom. The van der Waals surface area contributed by atoms with Crippen molar-refractivity contribution in [3.05, 3.63) is 65.7 Å². The molecule has 0 amide bonds. The zero-order valence-corrected chi connectivity index (χ0v) is 13.8. The van der Waals surface area contributed by atoms with Crippen molar-refractivity contribution >= 4 is 22.5 Å². The molecule has 0 aromatic heterocycles. The third-order valence-corrected chi connectivity index (χ3v) is 4.98. The van der Waals surface area contributed by atoms with Crippen LogP contribution in [-0.2, 0) is 0 Å². The fourth-order valence-electron chi connectivity index (χ4n) is 2.29. The van der Waals surface area contributed by atoms with Gasteiger partial charge in [-0.2, -0.15) is 5.10 Å². The first-order valence-electron chi connectivity index (χ1n) is 7.32. The Morgan fingerprint density at radius 3 is 2.43 bits per heavy atom. The highest BCUT2D eigenvalue weighted by atomic mass is 32.2. The lowest BCUT2D eigenvalue weighted by atomic mass is 10.2. The van der Waals surface area contributed by atoms with E-state index in [4.69, 9.17) is 0 Å². The van der Waals surface area contributed by atoms with E-state index in [2.05, 4.69) is 10.5 Å². The molecule has 1 aliphatic rings. The third kappa shape index (κ3) is 3.19. The monoisotopic (exact) mass is 329 g/mol. The summed E-state index contributed by atoms with van der Waals surface area (Å²) in [5.41, 5.74) is 5.63. The highest BCUT2D eigenvalue weighted by molar-refractivity contribution is 8.15. The second-order valence-corrected chi connectivity index (χ2v) is 7.10. The van der Waals surface area contributed by atoms with Crippen molar-refractivity contribution in [2.45, 2.75) is 24.9 Å². The number of hydroxylamine groups is 1. The van der Waals surface area contributed by atoms with E-state index in [-0.39, 0.29) is 0 Å². The molecule has 2 aromatic carbocycles. The normalized spacial score (nSPS) is 21.5. The van der Waals surface area contributed by atoms with E-state index in [1.54, 1.807) is 31.2 Å². The second kappa shape index (κ2) is 6.23. The summed E-state index contributed by atoms with van der Waals surface area (Å²) in [5.74, 6) is 0. The first kappa shape index (κ1) is 15.9. The molecule has 0 aliphatic carbocycles. The zero-order valence-electron chi connectivity index (χ0n) is 13.0. The minimum atomic E-state index is -1.17. The van der Waals surface area contributed by atoms with Gasteiger partial charge in [-0.3, -0.25) is 10.6 Å². The molecule has 120 valence electrons. The highest BCUT2D eigenvalue weighted by Crippen LogP contribution is 2.36. The number of aliphatic hydroxyl groups is 1. The molecule has 2 atom stereocenters.